The number of nitrogen functional groups attached to an aromatic ring is 1. The summed E-state index contributed by atoms with van der Waals surface area (Å²) in [5.74, 6) is 0.0434. The van der Waals surface area contributed by atoms with Gasteiger partial charge in [-0.3, -0.25) is 0 Å². The van der Waals surface area contributed by atoms with E-state index in [9.17, 15) is 15.3 Å². The summed E-state index contributed by atoms with van der Waals surface area (Å²) in [5.41, 5.74) is 7.35. The molecule has 4 nitrogen and oxygen atoms in total. The number of benzene rings is 2. The SMILES string of the molecule is Nc1cc(/C=C/c2cc(O)cc(O)c2)ccc1O. The molecule has 0 fully saturated rings. The maximum absolute atomic E-state index is 9.32. The first-order valence-corrected chi connectivity index (χ1v) is 5.34. The minimum absolute atomic E-state index is 0.000120. The fourth-order valence-electron chi connectivity index (χ4n) is 1.58. The van der Waals surface area contributed by atoms with Crippen LogP contribution in [0.15, 0.2) is 36.4 Å². The number of aromatic hydroxyl groups is 3. The molecule has 0 aliphatic carbocycles. The fraction of sp³-hybridized carbons (Fsp3) is 0. The fourth-order valence-corrected chi connectivity index (χ4v) is 1.58. The van der Waals surface area contributed by atoms with E-state index in [1.54, 1.807) is 24.3 Å². The molecular weight excluding hydrogens is 230 g/mol. The van der Waals surface area contributed by atoms with E-state index in [4.69, 9.17) is 5.73 Å². The lowest BCUT2D eigenvalue weighted by molar-refractivity contribution is 0.450. The van der Waals surface area contributed by atoms with Gasteiger partial charge >= 0.3 is 0 Å². The number of phenolic OH excluding ortho intramolecular Hbond substituents is 3. The second-order valence-electron chi connectivity index (χ2n) is 3.93. The van der Waals surface area contributed by atoms with Gasteiger partial charge in [0.15, 0.2) is 0 Å². The van der Waals surface area contributed by atoms with Crippen LogP contribution in [0.1, 0.15) is 11.1 Å². The predicted octanol–water partition coefficient (Wildman–Crippen LogP) is 2.56. The van der Waals surface area contributed by atoms with Gasteiger partial charge in [-0.1, -0.05) is 18.2 Å². The molecule has 0 aromatic heterocycles. The van der Waals surface area contributed by atoms with E-state index in [0.717, 1.165) is 5.56 Å². The van der Waals surface area contributed by atoms with Gasteiger partial charge in [0, 0.05) is 6.07 Å². The van der Waals surface area contributed by atoms with Crippen molar-refractivity contribution >= 4 is 17.8 Å². The number of hydrogen-bond donors (Lipinski definition) is 4. The summed E-state index contributed by atoms with van der Waals surface area (Å²) in [6.45, 7) is 0. The predicted molar refractivity (Wildman–Crippen MR) is 71.2 cm³/mol. The monoisotopic (exact) mass is 243 g/mol. The summed E-state index contributed by atoms with van der Waals surface area (Å²) < 4.78 is 0. The highest BCUT2D eigenvalue weighted by atomic mass is 16.3. The van der Waals surface area contributed by atoms with Crippen LogP contribution in [0.25, 0.3) is 12.2 Å². The van der Waals surface area contributed by atoms with Gasteiger partial charge in [0.05, 0.1) is 5.69 Å². The molecule has 0 amide bonds. The van der Waals surface area contributed by atoms with Crippen molar-refractivity contribution in [2.24, 2.45) is 0 Å². The Morgan fingerprint density at radius 3 is 2.00 bits per heavy atom. The zero-order valence-electron chi connectivity index (χ0n) is 9.54. The first-order chi connectivity index (χ1) is 8.54. The number of nitrogens with two attached hydrogens (primary N) is 1. The van der Waals surface area contributed by atoms with E-state index in [1.807, 2.05) is 0 Å². The average Bonchev–Trinajstić information content (AvgIpc) is 2.29. The standard InChI is InChI=1S/C14H13NO3/c15-13-7-9(3-4-14(13)18)1-2-10-5-11(16)8-12(17)6-10/h1-8,16-18H,15H2/b2-1+. The van der Waals surface area contributed by atoms with Crippen LogP contribution in [-0.4, -0.2) is 15.3 Å². The molecule has 0 heterocycles. The highest BCUT2D eigenvalue weighted by molar-refractivity contribution is 5.73. The van der Waals surface area contributed by atoms with E-state index in [0.29, 0.717) is 11.3 Å². The molecule has 0 saturated heterocycles. The first-order valence-electron chi connectivity index (χ1n) is 5.34. The van der Waals surface area contributed by atoms with Crippen LogP contribution in [0.5, 0.6) is 17.2 Å². The van der Waals surface area contributed by atoms with E-state index < -0.39 is 0 Å². The Morgan fingerprint density at radius 1 is 0.778 bits per heavy atom. The topological polar surface area (TPSA) is 86.7 Å². The van der Waals surface area contributed by atoms with Gasteiger partial charge in [-0.25, -0.2) is 0 Å². The molecule has 2 aromatic rings. The largest absolute Gasteiger partial charge is 0.508 e. The number of rotatable bonds is 2. The van der Waals surface area contributed by atoms with Crippen molar-refractivity contribution in [1.29, 1.82) is 0 Å². The first kappa shape index (κ1) is 11.9. The normalized spacial score (nSPS) is 10.9. The summed E-state index contributed by atoms with van der Waals surface area (Å²) in [6.07, 6.45) is 3.50. The third kappa shape index (κ3) is 2.74. The van der Waals surface area contributed by atoms with Gasteiger partial charge in [0.1, 0.15) is 17.2 Å². The van der Waals surface area contributed by atoms with Crippen molar-refractivity contribution < 1.29 is 15.3 Å². The molecule has 5 N–H and O–H groups in total. The van der Waals surface area contributed by atoms with E-state index in [2.05, 4.69) is 0 Å². The van der Waals surface area contributed by atoms with Crippen LogP contribution in [-0.2, 0) is 0 Å². The third-order valence-electron chi connectivity index (χ3n) is 2.44. The highest BCUT2D eigenvalue weighted by Gasteiger charge is 1.98. The van der Waals surface area contributed by atoms with Crippen LogP contribution in [0.4, 0.5) is 5.69 Å². The molecule has 18 heavy (non-hydrogen) atoms. The molecule has 2 rings (SSSR count). The maximum Gasteiger partial charge on any atom is 0.138 e. The zero-order chi connectivity index (χ0) is 13.1. The molecule has 0 saturated carbocycles. The molecule has 2 aromatic carbocycles. The Labute approximate surface area is 104 Å². The molecule has 4 heteroatoms. The van der Waals surface area contributed by atoms with Crippen LogP contribution < -0.4 is 5.73 Å². The van der Waals surface area contributed by atoms with Crippen LogP contribution in [0.2, 0.25) is 0 Å². The Hall–Kier alpha value is -2.62. The van der Waals surface area contributed by atoms with Gasteiger partial charge in [0.25, 0.3) is 0 Å². The summed E-state index contributed by atoms with van der Waals surface area (Å²) in [6, 6.07) is 9.17. The van der Waals surface area contributed by atoms with Gasteiger partial charge in [0.2, 0.25) is 0 Å². The number of hydrogen-bond acceptors (Lipinski definition) is 4. The Morgan fingerprint density at radius 2 is 1.39 bits per heavy atom. The molecule has 0 radical (unpaired) electrons. The van der Waals surface area contributed by atoms with Crippen molar-refractivity contribution in [3.8, 4) is 17.2 Å². The molecule has 0 aliphatic rings. The number of anilines is 1. The van der Waals surface area contributed by atoms with Crippen molar-refractivity contribution in [1.82, 2.24) is 0 Å². The zero-order valence-corrected chi connectivity index (χ0v) is 9.54. The lowest BCUT2D eigenvalue weighted by Gasteiger charge is -2.00. The lowest BCUT2D eigenvalue weighted by atomic mass is 10.1. The van der Waals surface area contributed by atoms with Crippen LogP contribution in [0.3, 0.4) is 0 Å². The van der Waals surface area contributed by atoms with Crippen molar-refractivity contribution in [2.75, 3.05) is 5.73 Å². The Bertz CT molecular complexity index is 586. The smallest absolute Gasteiger partial charge is 0.138 e. The summed E-state index contributed by atoms with van der Waals surface area (Å²) >= 11 is 0. The van der Waals surface area contributed by atoms with Crippen LogP contribution in [0, 0.1) is 0 Å². The summed E-state index contributed by atoms with van der Waals surface area (Å²) in [4.78, 5) is 0. The van der Waals surface area contributed by atoms with Crippen molar-refractivity contribution in [3.05, 3.63) is 47.5 Å². The van der Waals surface area contributed by atoms with E-state index >= 15 is 0 Å². The third-order valence-corrected chi connectivity index (χ3v) is 2.44. The minimum atomic E-state index is -0.000120. The quantitative estimate of drug-likeness (QED) is 0.371. The molecule has 92 valence electrons. The van der Waals surface area contributed by atoms with E-state index in [1.165, 1.54) is 24.3 Å². The molecule has 0 unspecified atom stereocenters. The molecule has 0 aliphatic heterocycles. The maximum atomic E-state index is 9.32. The lowest BCUT2D eigenvalue weighted by Crippen LogP contribution is -1.85. The van der Waals surface area contributed by atoms with E-state index in [-0.39, 0.29) is 17.2 Å². The molecule has 0 bridgehead atoms. The van der Waals surface area contributed by atoms with Gasteiger partial charge in [-0.15, -0.1) is 0 Å². The number of phenols is 3. The Kier molecular flexibility index (Phi) is 3.10. The second-order valence-corrected chi connectivity index (χ2v) is 3.93. The van der Waals surface area contributed by atoms with Crippen molar-refractivity contribution in [3.63, 3.8) is 0 Å². The Balaban J connectivity index is 2.27. The second kappa shape index (κ2) is 4.71. The van der Waals surface area contributed by atoms with Gasteiger partial charge in [-0.05, 0) is 35.4 Å². The van der Waals surface area contributed by atoms with Crippen LogP contribution >= 0.6 is 0 Å². The summed E-state index contributed by atoms with van der Waals surface area (Å²) in [5, 5.41) is 27.9. The molecule has 0 spiro atoms. The van der Waals surface area contributed by atoms with Crippen molar-refractivity contribution in [2.45, 2.75) is 0 Å². The van der Waals surface area contributed by atoms with Gasteiger partial charge in [-0.2, -0.15) is 0 Å². The highest BCUT2D eigenvalue weighted by Crippen LogP contribution is 2.24. The van der Waals surface area contributed by atoms with Gasteiger partial charge < -0.3 is 21.1 Å². The molecular formula is C14H13NO3. The minimum Gasteiger partial charge on any atom is -0.508 e. The summed E-state index contributed by atoms with van der Waals surface area (Å²) in [7, 11) is 0. The average molecular weight is 243 g/mol. The molecule has 0 atom stereocenters.